The summed E-state index contributed by atoms with van der Waals surface area (Å²) in [4.78, 5) is 22.0. The van der Waals surface area contributed by atoms with Gasteiger partial charge in [-0.2, -0.15) is 5.10 Å². The molecule has 1 N–H and O–H groups in total. The first-order valence-corrected chi connectivity index (χ1v) is 7.57. The minimum absolute atomic E-state index is 0.0132. The number of ether oxygens (including phenoxy) is 2. The zero-order chi connectivity index (χ0) is 17.6. The van der Waals surface area contributed by atoms with Crippen LogP contribution >= 0.6 is 0 Å². The highest BCUT2D eigenvalue weighted by molar-refractivity contribution is 5.84. The summed E-state index contributed by atoms with van der Waals surface area (Å²) in [5, 5.41) is 14.5. The van der Waals surface area contributed by atoms with Gasteiger partial charge in [0.2, 0.25) is 5.91 Å². The normalized spacial score (nSPS) is 12.8. The van der Waals surface area contributed by atoms with Crippen molar-refractivity contribution < 1.29 is 19.2 Å². The van der Waals surface area contributed by atoms with Gasteiger partial charge in [-0.15, -0.1) is 0 Å². The molecule has 0 fully saturated rings. The molecule has 8 heteroatoms. The molecule has 8 nitrogen and oxygen atoms in total. The number of nitrogens with one attached hydrogen (secondary N) is 1. The van der Waals surface area contributed by atoms with E-state index in [1.165, 1.54) is 18.3 Å². The summed E-state index contributed by atoms with van der Waals surface area (Å²) >= 11 is 0. The van der Waals surface area contributed by atoms with Crippen molar-refractivity contribution in [2.75, 3.05) is 13.2 Å². The van der Waals surface area contributed by atoms with Crippen LogP contribution in [0.5, 0.6) is 11.5 Å². The number of fused-ring (bicyclic) bond motifs is 1. The second-order valence-electron chi connectivity index (χ2n) is 5.30. The summed E-state index contributed by atoms with van der Waals surface area (Å²) in [7, 11) is 0. The molecule has 0 bridgehead atoms. The van der Waals surface area contributed by atoms with E-state index in [4.69, 9.17) is 9.47 Å². The third-order valence-electron chi connectivity index (χ3n) is 3.48. The highest BCUT2D eigenvalue weighted by atomic mass is 16.6. The smallest absolute Gasteiger partial charge is 0.269 e. The fraction of sp³-hybridized carbons (Fsp3) is 0.176. The van der Waals surface area contributed by atoms with Gasteiger partial charge in [0, 0.05) is 12.1 Å². The average Bonchev–Trinajstić information content (AvgIpc) is 2.62. The molecule has 1 heterocycles. The van der Waals surface area contributed by atoms with Crippen LogP contribution in [0.15, 0.2) is 47.6 Å². The van der Waals surface area contributed by atoms with Gasteiger partial charge in [0.1, 0.15) is 13.2 Å². The molecule has 0 radical (unpaired) electrons. The number of benzene rings is 2. The van der Waals surface area contributed by atoms with E-state index in [1.807, 2.05) is 0 Å². The molecule has 0 saturated heterocycles. The van der Waals surface area contributed by atoms with Crippen molar-refractivity contribution >= 4 is 17.8 Å². The first kappa shape index (κ1) is 16.4. The second-order valence-corrected chi connectivity index (χ2v) is 5.30. The molecule has 128 valence electrons. The first-order valence-electron chi connectivity index (χ1n) is 7.57. The molecule has 0 spiro atoms. The van der Waals surface area contributed by atoms with Crippen LogP contribution in [0, 0.1) is 10.1 Å². The van der Waals surface area contributed by atoms with Gasteiger partial charge in [0.05, 0.1) is 17.6 Å². The Morgan fingerprint density at radius 3 is 2.60 bits per heavy atom. The molecule has 0 atom stereocenters. The van der Waals surface area contributed by atoms with Crippen LogP contribution in [-0.2, 0) is 11.2 Å². The van der Waals surface area contributed by atoms with Crippen molar-refractivity contribution in [1.82, 2.24) is 5.43 Å². The lowest BCUT2D eigenvalue weighted by atomic mass is 10.1. The Bertz CT molecular complexity index is 818. The van der Waals surface area contributed by atoms with Crippen molar-refractivity contribution in [3.8, 4) is 11.5 Å². The van der Waals surface area contributed by atoms with Gasteiger partial charge in [-0.05, 0) is 29.3 Å². The minimum atomic E-state index is -0.485. The van der Waals surface area contributed by atoms with Crippen LogP contribution in [0.25, 0.3) is 0 Å². The van der Waals surface area contributed by atoms with Gasteiger partial charge in [-0.25, -0.2) is 5.43 Å². The molecule has 3 rings (SSSR count). The molecule has 0 aliphatic carbocycles. The van der Waals surface area contributed by atoms with Gasteiger partial charge in [-0.3, -0.25) is 14.9 Å². The lowest BCUT2D eigenvalue weighted by Crippen LogP contribution is -2.19. The van der Waals surface area contributed by atoms with Gasteiger partial charge >= 0.3 is 0 Å². The van der Waals surface area contributed by atoms with Crippen molar-refractivity contribution in [3.05, 3.63) is 63.7 Å². The Morgan fingerprint density at radius 2 is 1.88 bits per heavy atom. The van der Waals surface area contributed by atoms with Gasteiger partial charge in [-0.1, -0.05) is 12.1 Å². The highest BCUT2D eigenvalue weighted by Crippen LogP contribution is 2.30. The predicted molar refractivity (Wildman–Crippen MR) is 90.0 cm³/mol. The number of hydrogen-bond acceptors (Lipinski definition) is 6. The maximum atomic E-state index is 11.9. The summed E-state index contributed by atoms with van der Waals surface area (Å²) in [5.74, 6) is 1.01. The topological polar surface area (TPSA) is 103 Å². The van der Waals surface area contributed by atoms with Gasteiger partial charge < -0.3 is 9.47 Å². The predicted octanol–water partition coefficient (Wildman–Crippen LogP) is 2.06. The SMILES string of the molecule is O=C(Cc1ccc([N+](=O)[O-])cc1)N/N=C\c1ccc2c(c1)OCCO2. The zero-order valence-electron chi connectivity index (χ0n) is 13.2. The van der Waals surface area contributed by atoms with Gasteiger partial charge in [0.25, 0.3) is 5.69 Å². The molecular weight excluding hydrogens is 326 g/mol. The number of carbonyl (C=O) groups excluding carboxylic acids is 1. The molecule has 0 aromatic heterocycles. The summed E-state index contributed by atoms with van der Waals surface area (Å²) in [6.45, 7) is 1.03. The van der Waals surface area contributed by atoms with Crippen molar-refractivity contribution in [2.24, 2.45) is 5.10 Å². The van der Waals surface area contributed by atoms with Crippen LogP contribution in [-0.4, -0.2) is 30.3 Å². The molecule has 2 aromatic carbocycles. The summed E-state index contributed by atoms with van der Waals surface area (Å²) in [6.07, 6.45) is 1.59. The number of non-ortho nitro benzene ring substituents is 1. The Kier molecular flexibility index (Phi) is 4.89. The lowest BCUT2D eigenvalue weighted by Gasteiger charge is -2.18. The van der Waals surface area contributed by atoms with Crippen LogP contribution in [0.1, 0.15) is 11.1 Å². The number of nitro benzene ring substituents is 1. The van der Waals surface area contributed by atoms with E-state index in [1.54, 1.807) is 30.3 Å². The Labute approximate surface area is 143 Å². The zero-order valence-corrected chi connectivity index (χ0v) is 13.2. The molecule has 0 unspecified atom stereocenters. The molecule has 1 amide bonds. The fourth-order valence-electron chi connectivity index (χ4n) is 2.28. The second kappa shape index (κ2) is 7.43. The van der Waals surface area contributed by atoms with E-state index >= 15 is 0 Å². The third kappa shape index (κ3) is 4.31. The van der Waals surface area contributed by atoms with Crippen LogP contribution in [0.2, 0.25) is 0 Å². The van der Waals surface area contributed by atoms with E-state index in [-0.39, 0.29) is 18.0 Å². The van der Waals surface area contributed by atoms with E-state index in [2.05, 4.69) is 10.5 Å². The highest BCUT2D eigenvalue weighted by Gasteiger charge is 2.11. The van der Waals surface area contributed by atoms with E-state index < -0.39 is 4.92 Å². The number of rotatable bonds is 5. The standard InChI is InChI=1S/C17H15N3O5/c21-17(10-12-1-4-14(5-2-12)20(22)23)19-18-11-13-3-6-15-16(9-13)25-8-7-24-15/h1-6,9,11H,7-8,10H2,(H,19,21)/b18-11-. The van der Waals surface area contributed by atoms with E-state index in [0.29, 0.717) is 30.3 Å². The molecular formula is C17H15N3O5. The van der Waals surface area contributed by atoms with E-state index in [0.717, 1.165) is 5.56 Å². The number of nitrogens with zero attached hydrogens (tertiary/aromatic N) is 2. The monoisotopic (exact) mass is 341 g/mol. The number of carbonyl (C=O) groups is 1. The van der Waals surface area contributed by atoms with Crippen LogP contribution in [0.4, 0.5) is 5.69 Å². The minimum Gasteiger partial charge on any atom is -0.486 e. The van der Waals surface area contributed by atoms with E-state index in [9.17, 15) is 14.9 Å². The number of amides is 1. The summed E-state index contributed by atoms with van der Waals surface area (Å²) in [5.41, 5.74) is 3.84. The molecule has 1 aliphatic heterocycles. The number of hydrogen-bond donors (Lipinski definition) is 1. The van der Waals surface area contributed by atoms with Gasteiger partial charge in [0.15, 0.2) is 11.5 Å². The molecule has 1 aliphatic rings. The van der Waals surface area contributed by atoms with Crippen LogP contribution < -0.4 is 14.9 Å². The summed E-state index contributed by atoms with van der Waals surface area (Å²) in [6, 6.07) is 11.2. The Balaban J connectivity index is 1.54. The largest absolute Gasteiger partial charge is 0.486 e. The Morgan fingerprint density at radius 1 is 1.16 bits per heavy atom. The molecule has 25 heavy (non-hydrogen) atoms. The quantitative estimate of drug-likeness (QED) is 0.509. The van der Waals surface area contributed by atoms with Crippen LogP contribution in [0.3, 0.4) is 0 Å². The lowest BCUT2D eigenvalue weighted by molar-refractivity contribution is -0.384. The van der Waals surface area contributed by atoms with Crippen molar-refractivity contribution in [3.63, 3.8) is 0 Å². The first-order chi connectivity index (χ1) is 12.1. The number of nitro groups is 1. The fourth-order valence-corrected chi connectivity index (χ4v) is 2.28. The molecule has 0 saturated carbocycles. The maximum Gasteiger partial charge on any atom is 0.269 e. The van der Waals surface area contributed by atoms with Crippen molar-refractivity contribution in [1.29, 1.82) is 0 Å². The maximum absolute atomic E-state index is 11.9. The summed E-state index contributed by atoms with van der Waals surface area (Å²) < 4.78 is 10.9. The van der Waals surface area contributed by atoms with Crippen molar-refractivity contribution in [2.45, 2.75) is 6.42 Å². The third-order valence-corrected chi connectivity index (χ3v) is 3.48. The average molecular weight is 341 g/mol. The number of hydrazone groups is 1. The molecule has 2 aromatic rings. The Hall–Kier alpha value is -3.42.